The topological polar surface area (TPSA) is 111 Å². The van der Waals surface area contributed by atoms with Gasteiger partial charge in [0.25, 0.3) is 0 Å². The van der Waals surface area contributed by atoms with Crippen molar-refractivity contribution in [1.29, 1.82) is 0 Å². The molecule has 9 nitrogen and oxygen atoms in total. The second-order valence-electron chi connectivity index (χ2n) is 11.9. The van der Waals surface area contributed by atoms with Crippen molar-refractivity contribution in [2.24, 2.45) is 11.1 Å². The molecule has 3 amide bonds. The van der Waals surface area contributed by atoms with Gasteiger partial charge in [-0.1, -0.05) is 12.1 Å². The number of likely N-dealkylation sites (tertiary alicyclic amines) is 2. The summed E-state index contributed by atoms with van der Waals surface area (Å²) in [4.78, 5) is 34.4. The van der Waals surface area contributed by atoms with E-state index in [4.69, 9.17) is 5.73 Å². The zero-order chi connectivity index (χ0) is 24.4. The maximum Gasteiger partial charge on any atom is 0.320 e. The lowest BCUT2D eigenvalue weighted by atomic mass is 9.57. The minimum absolute atomic E-state index is 0.185. The molecule has 190 valence electrons. The van der Waals surface area contributed by atoms with Crippen LogP contribution in [0.4, 0.5) is 10.5 Å². The standard InChI is InChI=1S/C27H35N7O2/c28-23(35)22-3-1-2-10-34(22)21-8-6-17(7-9-21)20-13-32(14-20)26(36)33-15-27(16-33)11-19(12-27)25-29-24(30-31-25)18-4-5-18/h6-9,18-20,22H,1-5,10-16H2,(H2,28,35)(H,29,30,31). The second-order valence-corrected chi connectivity index (χ2v) is 11.9. The number of piperidine rings is 1. The van der Waals surface area contributed by atoms with Gasteiger partial charge in [-0.05, 0) is 62.6 Å². The molecule has 1 aromatic carbocycles. The van der Waals surface area contributed by atoms with Crippen molar-refractivity contribution in [3.05, 3.63) is 41.5 Å². The molecule has 7 rings (SSSR count). The number of nitrogens with zero attached hydrogens (tertiary/aromatic N) is 5. The third-order valence-corrected chi connectivity index (χ3v) is 9.23. The Morgan fingerprint density at radius 3 is 2.25 bits per heavy atom. The van der Waals surface area contributed by atoms with E-state index in [9.17, 15) is 9.59 Å². The van der Waals surface area contributed by atoms with E-state index in [2.05, 4.69) is 44.3 Å². The van der Waals surface area contributed by atoms with Gasteiger partial charge in [0.1, 0.15) is 17.7 Å². The van der Waals surface area contributed by atoms with Crippen LogP contribution in [-0.2, 0) is 4.79 Å². The Kier molecular flexibility index (Phi) is 5.05. The first-order chi connectivity index (χ1) is 17.5. The summed E-state index contributed by atoms with van der Waals surface area (Å²) in [6.07, 6.45) is 7.66. The molecule has 2 saturated carbocycles. The average molecular weight is 490 g/mol. The third-order valence-electron chi connectivity index (χ3n) is 9.23. The minimum atomic E-state index is -0.238. The fourth-order valence-electron chi connectivity index (χ4n) is 6.87. The summed E-state index contributed by atoms with van der Waals surface area (Å²) >= 11 is 0. The number of nitrogens with two attached hydrogens (primary N) is 1. The number of aromatic amines is 1. The van der Waals surface area contributed by atoms with E-state index in [1.807, 2.05) is 9.80 Å². The Morgan fingerprint density at radius 1 is 0.889 bits per heavy atom. The van der Waals surface area contributed by atoms with Crippen molar-refractivity contribution in [2.45, 2.75) is 68.7 Å². The highest BCUT2D eigenvalue weighted by atomic mass is 16.2. The van der Waals surface area contributed by atoms with Crippen molar-refractivity contribution in [2.75, 3.05) is 37.6 Å². The smallest absolute Gasteiger partial charge is 0.320 e. The maximum atomic E-state index is 13.0. The summed E-state index contributed by atoms with van der Waals surface area (Å²) < 4.78 is 0. The number of rotatable bonds is 5. The first-order valence-corrected chi connectivity index (χ1v) is 13.6. The molecule has 3 saturated heterocycles. The van der Waals surface area contributed by atoms with Crippen LogP contribution in [0, 0.1) is 5.41 Å². The Morgan fingerprint density at radius 2 is 1.58 bits per heavy atom. The fourth-order valence-corrected chi connectivity index (χ4v) is 6.87. The number of H-pyrrole nitrogens is 1. The number of nitrogens with one attached hydrogen (secondary N) is 1. The van der Waals surface area contributed by atoms with Gasteiger partial charge in [0.05, 0.1) is 0 Å². The fraction of sp³-hybridized carbons (Fsp3) is 0.630. The highest BCUT2D eigenvalue weighted by molar-refractivity contribution is 5.84. The van der Waals surface area contributed by atoms with Crippen molar-refractivity contribution in [3.8, 4) is 0 Å². The van der Waals surface area contributed by atoms with Crippen LogP contribution in [0.1, 0.15) is 79.9 Å². The number of primary amides is 1. The van der Waals surface area contributed by atoms with Gasteiger partial charge < -0.3 is 25.4 Å². The quantitative estimate of drug-likeness (QED) is 0.671. The molecule has 5 aliphatic rings. The maximum absolute atomic E-state index is 13.0. The van der Waals surface area contributed by atoms with E-state index in [0.29, 0.717) is 23.2 Å². The lowest BCUT2D eigenvalue weighted by Gasteiger charge is -2.59. The van der Waals surface area contributed by atoms with Crippen molar-refractivity contribution in [3.63, 3.8) is 0 Å². The number of anilines is 1. The van der Waals surface area contributed by atoms with Gasteiger partial charge in [-0.2, -0.15) is 0 Å². The summed E-state index contributed by atoms with van der Waals surface area (Å²) in [6, 6.07) is 8.50. The van der Waals surface area contributed by atoms with Gasteiger partial charge in [-0.3, -0.25) is 4.79 Å². The summed E-state index contributed by atoms with van der Waals surface area (Å²) in [5, 5.41) is 8.72. The monoisotopic (exact) mass is 489 g/mol. The number of hydrogen-bond donors (Lipinski definition) is 2. The molecule has 1 spiro atoms. The average Bonchev–Trinajstić information content (AvgIpc) is 3.54. The van der Waals surface area contributed by atoms with Crippen molar-refractivity contribution < 1.29 is 9.59 Å². The predicted octanol–water partition coefficient (Wildman–Crippen LogP) is 2.93. The summed E-state index contributed by atoms with van der Waals surface area (Å²) in [5.41, 5.74) is 8.25. The normalized spacial score (nSPS) is 25.9. The minimum Gasteiger partial charge on any atom is -0.368 e. The Balaban J connectivity index is 0.885. The Hall–Kier alpha value is -3.10. The molecule has 0 radical (unpaired) electrons. The third kappa shape index (κ3) is 3.74. The molecule has 2 aromatic rings. The number of carbonyl (C=O) groups is 2. The number of benzene rings is 1. The molecule has 3 aliphatic heterocycles. The number of carbonyl (C=O) groups excluding carboxylic acids is 2. The van der Waals surface area contributed by atoms with Gasteiger partial charge in [-0.15, -0.1) is 10.2 Å². The number of aromatic nitrogens is 3. The molecule has 1 atom stereocenters. The largest absolute Gasteiger partial charge is 0.368 e. The van der Waals surface area contributed by atoms with Crippen LogP contribution in [0.3, 0.4) is 0 Å². The second kappa shape index (κ2) is 8.21. The van der Waals surface area contributed by atoms with Gasteiger partial charge in [0.15, 0.2) is 0 Å². The van der Waals surface area contributed by atoms with E-state index in [-0.39, 0.29) is 18.0 Å². The Labute approximate surface area is 211 Å². The molecule has 5 fully saturated rings. The van der Waals surface area contributed by atoms with Crippen LogP contribution in [0.5, 0.6) is 0 Å². The number of urea groups is 1. The number of amides is 3. The van der Waals surface area contributed by atoms with Crippen LogP contribution in [0.15, 0.2) is 24.3 Å². The lowest BCUT2D eigenvalue weighted by Crippen LogP contribution is -2.67. The van der Waals surface area contributed by atoms with Crippen LogP contribution < -0.4 is 10.6 Å². The summed E-state index contributed by atoms with van der Waals surface area (Å²) in [7, 11) is 0. The zero-order valence-corrected chi connectivity index (χ0v) is 20.7. The van der Waals surface area contributed by atoms with Crippen LogP contribution >= 0.6 is 0 Å². The SMILES string of the molecule is NC(=O)C1CCCCN1c1ccc(C2CN(C(=O)N3CC4(CC(c5nnc(C6CC6)[nH]5)C4)C3)C2)cc1. The zero-order valence-electron chi connectivity index (χ0n) is 20.7. The number of hydrogen-bond acceptors (Lipinski definition) is 5. The van der Waals surface area contributed by atoms with Gasteiger partial charge in [0, 0.05) is 61.6 Å². The van der Waals surface area contributed by atoms with Gasteiger partial charge >= 0.3 is 6.03 Å². The van der Waals surface area contributed by atoms with E-state index in [1.165, 1.54) is 18.4 Å². The lowest BCUT2D eigenvalue weighted by molar-refractivity contribution is -0.119. The molecule has 3 N–H and O–H groups in total. The summed E-state index contributed by atoms with van der Waals surface area (Å²) in [6.45, 7) is 4.17. The molecular weight excluding hydrogens is 454 g/mol. The van der Waals surface area contributed by atoms with Crippen LogP contribution in [0.2, 0.25) is 0 Å². The van der Waals surface area contributed by atoms with E-state index >= 15 is 0 Å². The molecular formula is C27H35N7O2. The predicted molar refractivity (Wildman–Crippen MR) is 135 cm³/mol. The molecule has 1 unspecified atom stereocenters. The molecule has 0 bridgehead atoms. The van der Waals surface area contributed by atoms with E-state index in [0.717, 1.165) is 82.2 Å². The van der Waals surface area contributed by atoms with Crippen molar-refractivity contribution >= 4 is 17.6 Å². The highest BCUT2D eigenvalue weighted by Crippen LogP contribution is 2.56. The molecule has 9 heteroatoms. The summed E-state index contributed by atoms with van der Waals surface area (Å²) in [5.74, 6) is 3.35. The molecule has 36 heavy (non-hydrogen) atoms. The first-order valence-electron chi connectivity index (χ1n) is 13.6. The van der Waals surface area contributed by atoms with E-state index < -0.39 is 0 Å². The van der Waals surface area contributed by atoms with Crippen LogP contribution in [0.25, 0.3) is 0 Å². The molecule has 1 aromatic heterocycles. The van der Waals surface area contributed by atoms with Gasteiger partial charge in [-0.25, -0.2) is 4.79 Å². The first kappa shape index (κ1) is 22.1. The van der Waals surface area contributed by atoms with Crippen LogP contribution in [-0.4, -0.2) is 75.7 Å². The molecule has 4 heterocycles. The molecule has 2 aliphatic carbocycles. The van der Waals surface area contributed by atoms with Gasteiger partial charge in [0.2, 0.25) is 5.91 Å². The van der Waals surface area contributed by atoms with Crippen molar-refractivity contribution in [1.82, 2.24) is 25.0 Å². The van der Waals surface area contributed by atoms with E-state index in [1.54, 1.807) is 0 Å². The Bertz CT molecular complexity index is 1150. The highest BCUT2D eigenvalue weighted by Gasteiger charge is 2.56.